The van der Waals surface area contributed by atoms with Gasteiger partial charge in [-0.1, -0.05) is 0 Å². The lowest BCUT2D eigenvalue weighted by Gasteiger charge is -2.33. The second kappa shape index (κ2) is 6.39. The first-order valence-electron chi connectivity index (χ1n) is 6.77. The third-order valence-corrected chi connectivity index (χ3v) is 4.23. The highest BCUT2D eigenvalue weighted by Crippen LogP contribution is 2.26. The van der Waals surface area contributed by atoms with Gasteiger partial charge in [-0.25, -0.2) is 4.39 Å². The van der Waals surface area contributed by atoms with Crippen LogP contribution >= 0.6 is 11.6 Å². The molecule has 0 aromatic heterocycles. The Kier molecular flexibility index (Phi) is 4.77. The molecule has 0 saturated carbocycles. The van der Waals surface area contributed by atoms with Crippen LogP contribution < -0.4 is 0 Å². The summed E-state index contributed by atoms with van der Waals surface area (Å²) >= 11 is 6.05. The van der Waals surface area contributed by atoms with E-state index >= 15 is 0 Å². The number of alkyl halides is 1. The summed E-state index contributed by atoms with van der Waals surface area (Å²) in [6.45, 7) is 2.98. The summed E-state index contributed by atoms with van der Waals surface area (Å²) in [6, 6.07) is 3.09. The number of rotatable bonds is 3. The van der Waals surface area contributed by atoms with E-state index in [1.54, 1.807) is 4.90 Å². The topological polar surface area (TPSA) is 63.5 Å². The van der Waals surface area contributed by atoms with E-state index < -0.39 is 16.6 Å². The number of piperidine rings is 1. The molecule has 1 aliphatic heterocycles. The number of halogens is 2. The SMILES string of the molecule is CC(Cl)C1CCN(C(=O)c2ccc([N+](=O)[O-])cc2F)CC1. The van der Waals surface area contributed by atoms with Crippen molar-refractivity contribution in [2.75, 3.05) is 13.1 Å². The molecule has 0 spiro atoms. The lowest BCUT2D eigenvalue weighted by Crippen LogP contribution is -2.40. The van der Waals surface area contributed by atoms with Gasteiger partial charge < -0.3 is 4.90 Å². The quantitative estimate of drug-likeness (QED) is 0.489. The predicted molar refractivity (Wildman–Crippen MR) is 77.0 cm³/mol. The maximum atomic E-state index is 13.8. The monoisotopic (exact) mass is 314 g/mol. The molecule has 1 aromatic carbocycles. The molecule has 1 amide bonds. The Balaban J connectivity index is 2.09. The van der Waals surface area contributed by atoms with Crippen LogP contribution in [0.2, 0.25) is 0 Å². The molecule has 1 heterocycles. The van der Waals surface area contributed by atoms with Gasteiger partial charge in [0.15, 0.2) is 0 Å². The third-order valence-electron chi connectivity index (χ3n) is 3.87. The van der Waals surface area contributed by atoms with Gasteiger partial charge >= 0.3 is 0 Å². The molecular formula is C14H16ClFN2O3. The first-order valence-corrected chi connectivity index (χ1v) is 7.21. The maximum Gasteiger partial charge on any atom is 0.272 e. The zero-order valence-corrected chi connectivity index (χ0v) is 12.3. The molecule has 0 aliphatic carbocycles. The highest BCUT2D eigenvalue weighted by atomic mass is 35.5. The molecular weight excluding hydrogens is 299 g/mol. The molecule has 21 heavy (non-hydrogen) atoms. The zero-order valence-electron chi connectivity index (χ0n) is 11.6. The van der Waals surface area contributed by atoms with Crippen molar-refractivity contribution in [2.45, 2.75) is 25.1 Å². The van der Waals surface area contributed by atoms with Gasteiger partial charge in [-0.3, -0.25) is 14.9 Å². The summed E-state index contributed by atoms with van der Waals surface area (Å²) in [6.07, 6.45) is 1.57. The van der Waals surface area contributed by atoms with Gasteiger partial charge in [-0.2, -0.15) is 0 Å². The van der Waals surface area contributed by atoms with E-state index in [2.05, 4.69) is 0 Å². The van der Waals surface area contributed by atoms with E-state index in [9.17, 15) is 19.3 Å². The largest absolute Gasteiger partial charge is 0.339 e. The van der Waals surface area contributed by atoms with E-state index in [-0.39, 0.29) is 16.6 Å². The highest BCUT2D eigenvalue weighted by molar-refractivity contribution is 6.20. The van der Waals surface area contributed by atoms with Crippen LogP contribution in [0, 0.1) is 21.8 Å². The fourth-order valence-corrected chi connectivity index (χ4v) is 2.78. The van der Waals surface area contributed by atoms with Gasteiger partial charge in [0, 0.05) is 24.5 Å². The maximum absolute atomic E-state index is 13.8. The molecule has 1 aromatic rings. The standard InChI is InChI=1S/C14H16ClFN2O3/c1-9(15)10-4-6-17(7-5-10)14(19)12-3-2-11(18(20)21)8-13(12)16/h2-3,8-10H,4-7H2,1H3. The number of amides is 1. The number of hydrogen-bond donors (Lipinski definition) is 0. The van der Waals surface area contributed by atoms with E-state index in [0.717, 1.165) is 25.0 Å². The molecule has 0 radical (unpaired) electrons. The average molecular weight is 315 g/mol. The van der Waals surface area contributed by atoms with Crippen LogP contribution in [-0.2, 0) is 0 Å². The molecule has 5 nitrogen and oxygen atoms in total. The smallest absolute Gasteiger partial charge is 0.272 e. The minimum absolute atomic E-state index is 0.0540. The van der Waals surface area contributed by atoms with Crippen LogP contribution in [0.5, 0.6) is 0 Å². The van der Waals surface area contributed by atoms with Gasteiger partial charge in [-0.15, -0.1) is 11.6 Å². The van der Waals surface area contributed by atoms with Crippen LogP contribution in [0.1, 0.15) is 30.1 Å². The average Bonchev–Trinajstić information content (AvgIpc) is 2.46. The second-order valence-corrected chi connectivity index (χ2v) is 5.92. The normalized spacial score (nSPS) is 17.6. The van der Waals surface area contributed by atoms with Crippen LogP contribution in [0.3, 0.4) is 0 Å². The van der Waals surface area contributed by atoms with Gasteiger partial charge in [0.25, 0.3) is 11.6 Å². The minimum atomic E-state index is -0.859. The molecule has 1 atom stereocenters. The zero-order chi connectivity index (χ0) is 15.6. The number of benzene rings is 1. The number of carbonyl (C=O) groups excluding carboxylic acids is 1. The first-order chi connectivity index (χ1) is 9.90. The van der Waals surface area contributed by atoms with Gasteiger partial charge in [0.2, 0.25) is 0 Å². The van der Waals surface area contributed by atoms with Crippen molar-refractivity contribution in [3.05, 3.63) is 39.7 Å². The van der Waals surface area contributed by atoms with Gasteiger partial charge in [0.1, 0.15) is 5.82 Å². The number of non-ortho nitro benzene ring substituents is 1. The molecule has 1 aliphatic rings. The Labute approximate surface area is 126 Å². The summed E-state index contributed by atoms with van der Waals surface area (Å²) in [5.41, 5.74) is -0.489. The van der Waals surface area contributed by atoms with Gasteiger partial charge in [0.05, 0.1) is 16.6 Å². The Hall–Kier alpha value is -1.69. The number of hydrogen-bond acceptors (Lipinski definition) is 3. The van der Waals surface area contributed by atoms with E-state index in [0.29, 0.717) is 19.0 Å². The number of likely N-dealkylation sites (tertiary alicyclic amines) is 1. The van der Waals surface area contributed by atoms with Crippen LogP contribution in [-0.4, -0.2) is 34.2 Å². The van der Waals surface area contributed by atoms with E-state index in [4.69, 9.17) is 11.6 Å². The Morgan fingerprint density at radius 2 is 2.10 bits per heavy atom. The lowest BCUT2D eigenvalue weighted by atomic mass is 9.93. The lowest BCUT2D eigenvalue weighted by molar-refractivity contribution is -0.385. The number of nitro groups is 1. The third kappa shape index (κ3) is 3.50. The molecule has 1 unspecified atom stereocenters. The summed E-state index contributed by atoms with van der Waals surface area (Å²) in [7, 11) is 0. The number of nitrogens with zero attached hydrogens (tertiary/aromatic N) is 2. The van der Waals surface area contributed by atoms with Gasteiger partial charge in [-0.05, 0) is 31.7 Å². The summed E-state index contributed by atoms with van der Waals surface area (Å²) in [5, 5.41) is 10.6. The van der Waals surface area contributed by atoms with Crippen LogP contribution in [0.4, 0.5) is 10.1 Å². The Morgan fingerprint density at radius 1 is 1.48 bits per heavy atom. The van der Waals surface area contributed by atoms with Crippen molar-refractivity contribution >= 4 is 23.2 Å². The fourth-order valence-electron chi connectivity index (χ4n) is 2.52. The summed E-state index contributed by atoms with van der Waals surface area (Å²) in [4.78, 5) is 23.7. The van der Waals surface area contributed by atoms with Crippen molar-refractivity contribution in [3.63, 3.8) is 0 Å². The predicted octanol–water partition coefficient (Wildman–Crippen LogP) is 3.21. The molecule has 7 heteroatoms. The Bertz CT molecular complexity index is 557. The van der Waals surface area contributed by atoms with E-state index in [1.165, 1.54) is 6.07 Å². The van der Waals surface area contributed by atoms with Crippen molar-refractivity contribution in [1.82, 2.24) is 4.90 Å². The Morgan fingerprint density at radius 3 is 2.57 bits per heavy atom. The summed E-state index contributed by atoms with van der Waals surface area (Å²) < 4.78 is 13.8. The molecule has 0 N–H and O–H groups in total. The molecule has 0 bridgehead atoms. The minimum Gasteiger partial charge on any atom is -0.339 e. The van der Waals surface area contributed by atoms with E-state index in [1.807, 2.05) is 6.92 Å². The number of nitro benzene ring substituents is 1. The molecule has 114 valence electrons. The second-order valence-electron chi connectivity index (χ2n) is 5.23. The highest BCUT2D eigenvalue weighted by Gasteiger charge is 2.27. The van der Waals surface area contributed by atoms with Crippen LogP contribution in [0.15, 0.2) is 18.2 Å². The molecule has 1 saturated heterocycles. The van der Waals surface area contributed by atoms with Crippen molar-refractivity contribution in [1.29, 1.82) is 0 Å². The fraction of sp³-hybridized carbons (Fsp3) is 0.500. The molecule has 1 fully saturated rings. The number of carbonyl (C=O) groups is 1. The summed E-state index contributed by atoms with van der Waals surface area (Å²) in [5.74, 6) is -0.928. The van der Waals surface area contributed by atoms with Crippen molar-refractivity contribution < 1.29 is 14.1 Å². The van der Waals surface area contributed by atoms with Crippen molar-refractivity contribution in [2.24, 2.45) is 5.92 Å². The van der Waals surface area contributed by atoms with Crippen LogP contribution in [0.25, 0.3) is 0 Å². The molecule has 2 rings (SSSR count). The van der Waals surface area contributed by atoms with Crippen molar-refractivity contribution in [3.8, 4) is 0 Å². The first kappa shape index (κ1) is 15.7.